The second-order valence-electron chi connectivity index (χ2n) is 7.12. The van der Waals surface area contributed by atoms with E-state index in [0.717, 1.165) is 18.7 Å². The summed E-state index contributed by atoms with van der Waals surface area (Å²) < 4.78 is 4.53. The molecule has 0 aliphatic carbocycles. The Labute approximate surface area is 169 Å². The molecule has 4 rings (SSSR count). The molecule has 0 bridgehead atoms. The topological polar surface area (TPSA) is 133 Å². The van der Waals surface area contributed by atoms with E-state index in [-0.39, 0.29) is 29.2 Å². The van der Waals surface area contributed by atoms with Gasteiger partial charge in [0.1, 0.15) is 11.6 Å². The first kappa shape index (κ1) is 19.3. The molecule has 0 radical (unpaired) electrons. The van der Waals surface area contributed by atoms with Gasteiger partial charge >= 0.3 is 0 Å². The minimum atomic E-state index is -1.38. The molecule has 1 saturated heterocycles. The van der Waals surface area contributed by atoms with Crippen molar-refractivity contribution in [2.45, 2.75) is 49.6 Å². The molecule has 150 valence electrons. The van der Waals surface area contributed by atoms with Gasteiger partial charge in [0.25, 0.3) is 0 Å². The minimum absolute atomic E-state index is 0.0329. The number of primary amides is 1. The molecule has 2 amide bonds. The molecule has 1 aromatic rings. The van der Waals surface area contributed by atoms with Crippen molar-refractivity contribution in [1.82, 2.24) is 9.47 Å². The van der Waals surface area contributed by atoms with Crippen LogP contribution in [0.3, 0.4) is 0 Å². The van der Waals surface area contributed by atoms with Gasteiger partial charge in [-0.25, -0.2) is 9.13 Å². The molecule has 3 aliphatic heterocycles. The number of aliphatic hydroxyl groups is 1. The highest BCUT2D eigenvalue weighted by molar-refractivity contribution is 8.22. The summed E-state index contributed by atoms with van der Waals surface area (Å²) in [7, 11) is 0. The normalized spacial score (nSPS) is 26.9. The lowest BCUT2D eigenvalue weighted by Gasteiger charge is -2.44. The second-order valence-corrected chi connectivity index (χ2v) is 9.72. The van der Waals surface area contributed by atoms with Crippen molar-refractivity contribution in [1.29, 1.82) is 0 Å². The van der Waals surface area contributed by atoms with Crippen LogP contribution in [0.2, 0.25) is 0 Å². The smallest absolute Gasteiger partial charge is 0.244 e. The number of carboxylic acid groups (broad SMARTS) is 1. The van der Waals surface area contributed by atoms with E-state index < -0.39 is 23.4 Å². The number of aromatic nitrogens is 2. The van der Waals surface area contributed by atoms with E-state index in [1.807, 2.05) is 17.1 Å². The largest absolute Gasteiger partial charge is 0.543 e. The summed E-state index contributed by atoms with van der Waals surface area (Å²) in [6.45, 7) is 2.82. The maximum Gasteiger partial charge on any atom is 0.244 e. The van der Waals surface area contributed by atoms with Crippen LogP contribution in [0.1, 0.15) is 30.7 Å². The maximum atomic E-state index is 12.3. The summed E-state index contributed by atoms with van der Waals surface area (Å²) in [6, 6.07) is 0. The molecule has 2 unspecified atom stereocenters. The molecule has 11 heteroatoms. The van der Waals surface area contributed by atoms with Crippen molar-refractivity contribution in [3.8, 4) is 0 Å². The van der Waals surface area contributed by atoms with Gasteiger partial charge in [-0.3, -0.25) is 14.5 Å². The Morgan fingerprint density at radius 1 is 1.54 bits per heavy atom. The van der Waals surface area contributed by atoms with Crippen molar-refractivity contribution in [3.05, 3.63) is 28.2 Å². The van der Waals surface area contributed by atoms with Crippen LogP contribution in [0.4, 0.5) is 0 Å². The number of aliphatic carboxylic acids is 1. The van der Waals surface area contributed by atoms with Gasteiger partial charge < -0.3 is 20.7 Å². The van der Waals surface area contributed by atoms with Gasteiger partial charge in [-0.1, -0.05) is 11.8 Å². The van der Waals surface area contributed by atoms with E-state index in [1.165, 1.54) is 28.4 Å². The average Bonchev–Trinajstić information content (AvgIpc) is 3.25. The average molecular weight is 425 g/mol. The highest BCUT2D eigenvalue weighted by Gasteiger charge is 2.56. The zero-order valence-electron chi connectivity index (χ0n) is 15.1. The molecule has 0 spiro atoms. The number of rotatable bonds is 7. The Kier molecular flexibility index (Phi) is 4.92. The minimum Gasteiger partial charge on any atom is -0.543 e. The van der Waals surface area contributed by atoms with Crippen molar-refractivity contribution in [2.24, 2.45) is 11.7 Å². The second kappa shape index (κ2) is 7.12. The predicted molar refractivity (Wildman–Crippen MR) is 98.8 cm³/mol. The SMILES string of the molecule is CC(O)[C@H]1C(=O)N2C(C(=O)[O-])=C(SC3CC[n+]4cn(CCC(N)=O)cc43)S[C@H]12. The number of amides is 2. The lowest BCUT2D eigenvalue weighted by molar-refractivity contribution is -0.690. The van der Waals surface area contributed by atoms with Gasteiger partial charge in [-0.15, -0.1) is 11.8 Å². The number of imidazole rings is 1. The first-order valence-corrected chi connectivity index (χ1v) is 10.7. The predicted octanol–water partition coefficient (Wildman–Crippen LogP) is -1.34. The molecule has 28 heavy (non-hydrogen) atoms. The Bertz CT molecular complexity index is 896. The number of thioether (sulfide) groups is 2. The van der Waals surface area contributed by atoms with Crippen molar-refractivity contribution >= 4 is 41.3 Å². The van der Waals surface area contributed by atoms with E-state index in [4.69, 9.17) is 5.73 Å². The zero-order chi connectivity index (χ0) is 20.2. The van der Waals surface area contributed by atoms with Gasteiger partial charge in [0.15, 0.2) is 5.69 Å². The number of aryl methyl sites for hydroxylation is 2. The Morgan fingerprint density at radius 3 is 2.93 bits per heavy atom. The molecule has 3 N–H and O–H groups in total. The Balaban J connectivity index is 1.53. The standard InChI is InChI=1S/C17H20N4O5S2/c1-8(22)12-14(24)21-13(16(25)26)17(28-15(12)21)27-10-2-5-20-7-19(6-9(10)20)4-3-11(18)23/h6-8,10,12,15,22H,2-5H2,1H3,(H2-,18,23,25,26)/t8?,10?,12-,15+/m0/s1. The number of nitrogens with zero attached hydrogens (tertiary/aromatic N) is 3. The molecule has 0 saturated carbocycles. The van der Waals surface area contributed by atoms with Gasteiger partial charge in [-0.2, -0.15) is 0 Å². The monoisotopic (exact) mass is 424 g/mol. The Hall–Kier alpha value is -1.98. The van der Waals surface area contributed by atoms with Gasteiger partial charge in [0.2, 0.25) is 18.1 Å². The van der Waals surface area contributed by atoms with Crippen molar-refractivity contribution in [2.75, 3.05) is 0 Å². The third kappa shape index (κ3) is 3.11. The van der Waals surface area contributed by atoms with Crippen LogP contribution in [-0.2, 0) is 27.5 Å². The first-order valence-electron chi connectivity index (χ1n) is 8.95. The van der Waals surface area contributed by atoms with E-state index >= 15 is 0 Å². The molecule has 3 aliphatic rings. The highest BCUT2D eigenvalue weighted by atomic mass is 32.2. The zero-order valence-corrected chi connectivity index (χ0v) is 16.7. The maximum absolute atomic E-state index is 12.3. The van der Waals surface area contributed by atoms with E-state index in [9.17, 15) is 24.6 Å². The van der Waals surface area contributed by atoms with Crippen LogP contribution in [0.5, 0.6) is 0 Å². The lowest BCUT2D eigenvalue weighted by atomic mass is 9.92. The molecular weight excluding hydrogens is 404 g/mol. The summed E-state index contributed by atoms with van der Waals surface area (Å²) in [5.41, 5.74) is 6.15. The Morgan fingerprint density at radius 2 is 2.29 bits per heavy atom. The fourth-order valence-corrected chi connectivity index (χ4v) is 7.09. The van der Waals surface area contributed by atoms with E-state index in [2.05, 4.69) is 4.57 Å². The molecular formula is C17H20N4O5S2. The van der Waals surface area contributed by atoms with Crippen LogP contribution in [-0.4, -0.2) is 43.8 Å². The number of hydrogen-bond acceptors (Lipinski definition) is 7. The molecule has 4 atom stereocenters. The van der Waals surface area contributed by atoms with Crippen LogP contribution in [0.15, 0.2) is 22.5 Å². The van der Waals surface area contributed by atoms with Crippen LogP contribution in [0.25, 0.3) is 0 Å². The number of fused-ring (bicyclic) bond motifs is 2. The first-order chi connectivity index (χ1) is 13.3. The van der Waals surface area contributed by atoms with Crippen LogP contribution < -0.4 is 15.4 Å². The summed E-state index contributed by atoms with van der Waals surface area (Å²) >= 11 is 2.72. The number of hydrogen-bond donors (Lipinski definition) is 2. The third-order valence-corrected chi connectivity index (χ3v) is 8.10. The number of carboxylic acids is 1. The van der Waals surface area contributed by atoms with E-state index in [1.54, 1.807) is 6.92 Å². The molecule has 4 heterocycles. The lowest BCUT2D eigenvalue weighted by Crippen LogP contribution is -2.61. The molecule has 0 aromatic carbocycles. The third-order valence-electron chi connectivity index (χ3n) is 5.20. The fourth-order valence-electron chi connectivity index (χ4n) is 3.82. The van der Waals surface area contributed by atoms with Gasteiger partial charge in [-0.05, 0) is 6.92 Å². The highest BCUT2D eigenvalue weighted by Crippen LogP contribution is 2.56. The molecule has 9 nitrogen and oxygen atoms in total. The number of carbonyl (C=O) groups excluding carboxylic acids is 3. The summed E-state index contributed by atoms with van der Waals surface area (Å²) in [5, 5.41) is 21.2. The number of aliphatic hydroxyl groups excluding tert-OH is 1. The van der Waals surface area contributed by atoms with Crippen LogP contribution >= 0.6 is 23.5 Å². The number of carbonyl (C=O) groups is 3. The number of nitrogens with two attached hydrogens (primary N) is 1. The van der Waals surface area contributed by atoms with E-state index in [0.29, 0.717) is 10.8 Å². The number of β-lactam (4-membered cyclic amide) rings is 1. The van der Waals surface area contributed by atoms with Crippen molar-refractivity contribution in [3.63, 3.8) is 0 Å². The quantitative estimate of drug-likeness (QED) is 0.409. The summed E-state index contributed by atoms with van der Waals surface area (Å²) in [5.74, 6) is -2.71. The van der Waals surface area contributed by atoms with Crippen LogP contribution in [0, 0.1) is 5.92 Å². The van der Waals surface area contributed by atoms with Crippen molar-refractivity contribution < 1.29 is 29.2 Å². The summed E-state index contributed by atoms with van der Waals surface area (Å²) in [6.07, 6.45) is 4.13. The molecule has 1 aromatic heterocycles. The van der Waals surface area contributed by atoms with Gasteiger partial charge in [0, 0.05) is 6.42 Å². The fraction of sp³-hybridized carbons (Fsp3) is 0.529. The van der Waals surface area contributed by atoms with Gasteiger partial charge in [0.05, 0.1) is 52.7 Å². The summed E-state index contributed by atoms with van der Waals surface area (Å²) in [4.78, 5) is 36.2. The molecule has 1 fully saturated rings.